The third kappa shape index (κ3) is 1.67. The van der Waals surface area contributed by atoms with Crippen LogP contribution in [-0.2, 0) is 16.9 Å². The molecule has 0 saturated carbocycles. The lowest BCUT2D eigenvalue weighted by Gasteiger charge is -2.31. The van der Waals surface area contributed by atoms with Gasteiger partial charge in [0.1, 0.15) is 5.60 Å². The Hall–Kier alpha value is -0.870. The number of hydrogen-bond donors (Lipinski definition) is 1. The first-order valence-electron chi connectivity index (χ1n) is 5.04. The van der Waals surface area contributed by atoms with Crippen LogP contribution in [0.15, 0.2) is 10.6 Å². The third-order valence-corrected chi connectivity index (χ3v) is 2.72. The highest BCUT2D eigenvalue weighted by Crippen LogP contribution is 2.34. The predicted octanol–water partition coefficient (Wildman–Crippen LogP) is 1.55. The highest BCUT2D eigenvalue weighted by molar-refractivity contribution is 5.06. The Bertz CT molecular complexity index is 303. The van der Waals surface area contributed by atoms with Crippen molar-refractivity contribution >= 4 is 0 Å². The molecule has 0 spiro atoms. The van der Waals surface area contributed by atoms with E-state index in [4.69, 9.17) is 14.9 Å². The summed E-state index contributed by atoms with van der Waals surface area (Å²) >= 11 is 0. The summed E-state index contributed by atoms with van der Waals surface area (Å²) in [7, 11) is 0. The summed E-state index contributed by atoms with van der Waals surface area (Å²) in [6, 6.07) is 0. The van der Waals surface area contributed by atoms with Crippen molar-refractivity contribution in [1.82, 2.24) is 4.98 Å². The molecule has 0 aromatic carbocycles. The zero-order chi connectivity index (χ0) is 10.0. The van der Waals surface area contributed by atoms with E-state index < -0.39 is 0 Å². The average Bonchev–Trinajstić information content (AvgIpc) is 2.67. The fourth-order valence-electron chi connectivity index (χ4n) is 1.78. The molecule has 0 amide bonds. The maximum atomic E-state index is 5.73. The Kier molecular flexibility index (Phi) is 2.56. The summed E-state index contributed by atoms with van der Waals surface area (Å²) in [5.41, 5.74) is 5.15. The first-order valence-corrected chi connectivity index (χ1v) is 5.04. The van der Waals surface area contributed by atoms with Crippen LogP contribution < -0.4 is 5.73 Å². The monoisotopic (exact) mass is 196 g/mol. The Morgan fingerprint density at radius 3 is 3.00 bits per heavy atom. The van der Waals surface area contributed by atoms with Crippen molar-refractivity contribution in [3.05, 3.63) is 17.8 Å². The normalized spacial score (nSPS) is 27.9. The molecule has 1 aliphatic rings. The Morgan fingerprint density at radius 1 is 1.57 bits per heavy atom. The van der Waals surface area contributed by atoms with Crippen molar-refractivity contribution in [3.63, 3.8) is 0 Å². The zero-order valence-electron chi connectivity index (χ0n) is 8.45. The lowest BCUT2D eigenvalue weighted by molar-refractivity contribution is -0.0836. The van der Waals surface area contributed by atoms with Gasteiger partial charge in [0.25, 0.3) is 0 Å². The van der Waals surface area contributed by atoms with Crippen LogP contribution in [0.2, 0.25) is 0 Å². The van der Waals surface area contributed by atoms with Crippen molar-refractivity contribution in [2.75, 3.05) is 6.61 Å². The lowest BCUT2D eigenvalue weighted by Crippen LogP contribution is -2.29. The van der Waals surface area contributed by atoms with E-state index >= 15 is 0 Å². The number of nitrogens with zero attached hydrogens (tertiary/aromatic N) is 1. The first-order chi connectivity index (χ1) is 6.74. The minimum absolute atomic E-state index is 0.293. The van der Waals surface area contributed by atoms with E-state index in [2.05, 4.69) is 4.98 Å². The molecule has 4 heteroatoms. The van der Waals surface area contributed by atoms with Gasteiger partial charge in [0.2, 0.25) is 5.89 Å². The van der Waals surface area contributed by atoms with Crippen LogP contribution in [0.1, 0.15) is 37.8 Å². The molecular formula is C10H16N2O2. The van der Waals surface area contributed by atoms with E-state index in [0.717, 1.165) is 25.2 Å². The van der Waals surface area contributed by atoms with E-state index in [1.54, 1.807) is 6.20 Å². The first kappa shape index (κ1) is 9.68. The predicted molar refractivity (Wildman–Crippen MR) is 51.5 cm³/mol. The number of oxazole rings is 1. The topological polar surface area (TPSA) is 61.3 Å². The molecule has 4 nitrogen and oxygen atoms in total. The standard InChI is InChI=1S/C10H16N2O2/c1-10(4-2-3-5-13-10)8-7-12-9(6-11)14-8/h7H,2-6,11H2,1H3. The van der Waals surface area contributed by atoms with E-state index in [0.29, 0.717) is 12.4 Å². The van der Waals surface area contributed by atoms with Crippen LogP contribution in [0.5, 0.6) is 0 Å². The Morgan fingerprint density at radius 2 is 2.43 bits per heavy atom. The summed E-state index contributed by atoms with van der Waals surface area (Å²) in [5.74, 6) is 1.38. The molecule has 1 aliphatic heterocycles. The molecule has 1 saturated heterocycles. The molecule has 0 radical (unpaired) electrons. The Labute approximate surface area is 83.4 Å². The van der Waals surface area contributed by atoms with Gasteiger partial charge in [-0.05, 0) is 26.2 Å². The fraction of sp³-hybridized carbons (Fsp3) is 0.700. The van der Waals surface area contributed by atoms with E-state index in [1.165, 1.54) is 6.42 Å². The van der Waals surface area contributed by atoms with Crippen LogP contribution in [0, 0.1) is 0 Å². The van der Waals surface area contributed by atoms with E-state index in [-0.39, 0.29) is 5.60 Å². The minimum atomic E-state index is -0.293. The summed E-state index contributed by atoms with van der Waals surface area (Å²) in [5, 5.41) is 0. The number of aromatic nitrogens is 1. The van der Waals surface area contributed by atoms with Gasteiger partial charge in [0.05, 0.1) is 12.7 Å². The Balaban J connectivity index is 2.19. The zero-order valence-corrected chi connectivity index (χ0v) is 8.45. The van der Waals surface area contributed by atoms with Crippen molar-refractivity contribution in [1.29, 1.82) is 0 Å². The fourth-order valence-corrected chi connectivity index (χ4v) is 1.78. The van der Waals surface area contributed by atoms with E-state index in [9.17, 15) is 0 Å². The SMILES string of the molecule is CC1(c2cnc(CN)o2)CCCCO1. The second-order valence-corrected chi connectivity index (χ2v) is 3.86. The quantitative estimate of drug-likeness (QED) is 0.779. The highest BCUT2D eigenvalue weighted by Gasteiger charge is 2.33. The van der Waals surface area contributed by atoms with Gasteiger partial charge in [-0.15, -0.1) is 0 Å². The molecule has 1 unspecified atom stereocenters. The molecule has 2 rings (SSSR count). The van der Waals surface area contributed by atoms with Gasteiger partial charge in [0, 0.05) is 6.61 Å². The van der Waals surface area contributed by atoms with Gasteiger partial charge in [-0.1, -0.05) is 0 Å². The van der Waals surface area contributed by atoms with Crippen molar-refractivity contribution in [2.24, 2.45) is 5.73 Å². The van der Waals surface area contributed by atoms with E-state index in [1.807, 2.05) is 6.92 Å². The van der Waals surface area contributed by atoms with Gasteiger partial charge in [-0.25, -0.2) is 4.98 Å². The molecule has 1 aromatic rings. The number of ether oxygens (including phenoxy) is 1. The maximum absolute atomic E-state index is 5.73. The molecule has 0 aliphatic carbocycles. The van der Waals surface area contributed by atoms with Gasteiger partial charge >= 0.3 is 0 Å². The summed E-state index contributed by atoms with van der Waals surface area (Å²) < 4.78 is 11.2. The molecule has 14 heavy (non-hydrogen) atoms. The number of rotatable bonds is 2. The second kappa shape index (κ2) is 3.71. The van der Waals surface area contributed by atoms with Crippen LogP contribution in [0.25, 0.3) is 0 Å². The van der Waals surface area contributed by atoms with Gasteiger partial charge in [-0.2, -0.15) is 0 Å². The van der Waals surface area contributed by atoms with Crippen LogP contribution >= 0.6 is 0 Å². The minimum Gasteiger partial charge on any atom is -0.441 e. The molecule has 1 fully saturated rings. The van der Waals surface area contributed by atoms with Crippen molar-refractivity contribution in [2.45, 2.75) is 38.3 Å². The maximum Gasteiger partial charge on any atom is 0.208 e. The average molecular weight is 196 g/mol. The summed E-state index contributed by atoms with van der Waals surface area (Å²) in [6.45, 7) is 3.19. The summed E-state index contributed by atoms with van der Waals surface area (Å²) in [6.07, 6.45) is 5.03. The number of nitrogens with two attached hydrogens (primary N) is 1. The smallest absolute Gasteiger partial charge is 0.208 e. The second-order valence-electron chi connectivity index (χ2n) is 3.86. The molecule has 0 bridgehead atoms. The molecule has 2 N–H and O–H groups in total. The number of hydrogen-bond acceptors (Lipinski definition) is 4. The molecule has 1 aromatic heterocycles. The third-order valence-electron chi connectivity index (χ3n) is 2.72. The van der Waals surface area contributed by atoms with Gasteiger partial charge in [0.15, 0.2) is 5.76 Å². The highest BCUT2D eigenvalue weighted by atomic mass is 16.5. The van der Waals surface area contributed by atoms with Gasteiger partial charge in [-0.3, -0.25) is 0 Å². The lowest BCUT2D eigenvalue weighted by atomic mass is 9.94. The summed E-state index contributed by atoms with van der Waals surface area (Å²) in [4.78, 5) is 4.08. The van der Waals surface area contributed by atoms with Crippen LogP contribution in [0.4, 0.5) is 0 Å². The van der Waals surface area contributed by atoms with Crippen molar-refractivity contribution < 1.29 is 9.15 Å². The van der Waals surface area contributed by atoms with Crippen LogP contribution in [0.3, 0.4) is 0 Å². The molecular weight excluding hydrogens is 180 g/mol. The molecule has 78 valence electrons. The molecule has 1 atom stereocenters. The van der Waals surface area contributed by atoms with Crippen LogP contribution in [-0.4, -0.2) is 11.6 Å². The largest absolute Gasteiger partial charge is 0.441 e. The molecule has 2 heterocycles. The van der Waals surface area contributed by atoms with Gasteiger partial charge < -0.3 is 14.9 Å². The van der Waals surface area contributed by atoms with Crippen molar-refractivity contribution in [3.8, 4) is 0 Å².